The van der Waals surface area contributed by atoms with Gasteiger partial charge in [0.05, 0.1) is 18.4 Å². The number of esters is 1. The quantitative estimate of drug-likeness (QED) is 0.749. The third-order valence-electron chi connectivity index (χ3n) is 2.28. The molecule has 0 saturated heterocycles. The maximum Gasteiger partial charge on any atom is 0.325 e. The van der Waals surface area contributed by atoms with Crippen molar-refractivity contribution >= 4 is 11.9 Å². The van der Waals surface area contributed by atoms with E-state index in [1.54, 1.807) is 20.9 Å². The Hall–Kier alpha value is -1.85. The van der Waals surface area contributed by atoms with Gasteiger partial charge in [-0.25, -0.2) is 0 Å². The van der Waals surface area contributed by atoms with Crippen LogP contribution in [0.25, 0.3) is 0 Å². The second kappa shape index (κ2) is 4.78. The maximum absolute atomic E-state index is 12.0. The van der Waals surface area contributed by atoms with Crippen LogP contribution in [0, 0.1) is 13.8 Å². The summed E-state index contributed by atoms with van der Waals surface area (Å²) in [5.74, 6) is -0.691. The lowest BCUT2D eigenvalue weighted by Gasteiger charge is -2.15. The molecular formula is C10H15N3O3. The lowest BCUT2D eigenvalue weighted by atomic mass is 10.2. The van der Waals surface area contributed by atoms with E-state index in [1.807, 2.05) is 0 Å². The molecular weight excluding hydrogens is 210 g/mol. The minimum atomic E-state index is -0.449. The second-order valence-electron chi connectivity index (χ2n) is 3.55. The van der Waals surface area contributed by atoms with Crippen LogP contribution in [-0.4, -0.2) is 47.7 Å². The summed E-state index contributed by atoms with van der Waals surface area (Å²) in [5, 5.41) is 6.66. The molecule has 0 atom stereocenters. The fraction of sp³-hybridized carbons (Fsp3) is 0.500. The SMILES string of the molecule is COC(=O)CN(C)C(=O)c1c(C)n[nH]c1C. The van der Waals surface area contributed by atoms with E-state index in [4.69, 9.17) is 0 Å². The number of nitrogens with zero attached hydrogens (tertiary/aromatic N) is 2. The third-order valence-corrected chi connectivity index (χ3v) is 2.28. The second-order valence-corrected chi connectivity index (χ2v) is 3.55. The molecule has 1 N–H and O–H groups in total. The number of amides is 1. The smallest absolute Gasteiger partial charge is 0.325 e. The van der Waals surface area contributed by atoms with E-state index in [9.17, 15) is 9.59 Å². The number of methoxy groups -OCH3 is 1. The first-order valence-corrected chi connectivity index (χ1v) is 4.81. The molecule has 0 aliphatic carbocycles. The van der Waals surface area contributed by atoms with Gasteiger partial charge in [-0.3, -0.25) is 14.7 Å². The van der Waals surface area contributed by atoms with E-state index in [0.717, 1.165) is 0 Å². The van der Waals surface area contributed by atoms with Crippen LogP contribution in [0.5, 0.6) is 0 Å². The van der Waals surface area contributed by atoms with E-state index >= 15 is 0 Å². The molecule has 0 aliphatic heterocycles. The highest BCUT2D eigenvalue weighted by Gasteiger charge is 2.20. The van der Waals surface area contributed by atoms with Gasteiger partial charge in [0.1, 0.15) is 6.54 Å². The van der Waals surface area contributed by atoms with Crippen molar-refractivity contribution < 1.29 is 14.3 Å². The van der Waals surface area contributed by atoms with Gasteiger partial charge in [-0.05, 0) is 13.8 Å². The van der Waals surface area contributed by atoms with Crippen LogP contribution in [0.1, 0.15) is 21.7 Å². The summed E-state index contributed by atoms with van der Waals surface area (Å²) in [7, 11) is 2.83. The zero-order valence-electron chi connectivity index (χ0n) is 9.83. The van der Waals surface area contributed by atoms with Gasteiger partial charge in [0.15, 0.2) is 0 Å². The molecule has 1 rings (SSSR count). The van der Waals surface area contributed by atoms with Crippen molar-refractivity contribution in [1.82, 2.24) is 15.1 Å². The van der Waals surface area contributed by atoms with E-state index in [2.05, 4.69) is 14.9 Å². The molecule has 0 bridgehead atoms. The Balaban J connectivity index is 2.82. The molecule has 0 aliphatic rings. The van der Waals surface area contributed by atoms with Crippen LogP contribution in [0.3, 0.4) is 0 Å². The van der Waals surface area contributed by atoms with Crippen LogP contribution in [-0.2, 0) is 9.53 Å². The Morgan fingerprint density at radius 2 is 2.06 bits per heavy atom. The summed E-state index contributed by atoms with van der Waals surface area (Å²) in [4.78, 5) is 24.3. The normalized spacial score (nSPS) is 10.0. The first kappa shape index (κ1) is 12.2. The Labute approximate surface area is 93.6 Å². The molecule has 0 unspecified atom stereocenters. The average Bonchev–Trinajstić information content (AvgIpc) is 2.57. The number of carbonyl (C=O) groups is 2. The van der Waals surface area contributed by atoms with Gasteiger partial charge >= 0.3 is 5.97 Å². The summed E-state index contributed by atoms with van der Waals surface area (Å²) < 4.78 is 4.49. The number of hydrogen-bond acceptors (Lipinski definition) is 4. The number of carbonyl (C=O) groups excluding carboxylic acids is 2. The van der Waals surface area contributed by atoms with Gasteiger partial charge in [0, 0.05) is 12.7 Å². The number of H-pyrrole nitrogens is 1. The summed E-state index contributed by atoms with van der Waals surface area (Å²) in [6, 6.07) is 0. The number of nitrogens with one attached hydrogen (secondary N) is 1. The van der Waals surface area contributed by atoms with Crippen LogP contribution >= 0.6 is 0 Å². The van der Waals surface area contributed by atoms with Crippen molar-refractivity contribution in [3.63, 3.8) is 0 Å². The minimum absolute atomic E-state index is 0.0700. The fourth-order valence-electron chi connectivity index (χ4n) is 1.39. The highest BCUT2D eigenvalue weighted by atomic mass is 16.5. The summed E-state index contributed by atoms with van der Waals surface area (Å²) in [6.45, 7) is 3.43. The molecule has 0 spiro atoms. The van der Waals surface area contributed by atoms with Crippen molar-refractivity contribution in [3.8, 4) is 0 Å². The first-order valence-electron chi connectivity index (χ1n) is 4.81. The van der Waals surface area contributed by atoms with Gasteiger partial charge in [-0.15, -0.1) is 0 Å². The number of aromatic nitrogens is 2. The van der Waals surface area contributed by atoms with Crippen molar-refractivity contribution in [3.05, 3.63) is 17.0 Å². The van der Waals surface area contributed by atoms with Gasteiger partial charge in [0.2, 0.25) is 0 Å². The highest BCUT2D eigenvalue weighted by molar-refractivity contribution is 5.97. The Morgan fingerprint density at radius 3 is 2.50 bits per heavy atom. The molecule has 0 saturated carbocycles. The number of likely N-dealkylation sites (N-methyl/N-ethyl adjacent to an activating group) is 1. The number of hydrogen-bond donors (Lipinski definition) is 1. The van der Waals surface area contributed by atoms with Crippen LogP contribution in [0.2, 0.25) is 0 Å². The predicted molar refractivity (Wildman–Crippen MR) is 57.0 cm³/mol. The predicted octanol–water partition coefficient (Wildman–Crippen LogP) is 0.272. The van der Waals surface area contributed by atoms with E-state index in [0.29, 0.717) is 17.0 Å². The summed E-state index contributed by atoms with van der Waals surface area (Å²) in [6.07, 6.45) is 0. The van der Waals surface area contributed by atoms with Gasteiger partial charge < -0.3 is 9.64 Å². The summed E-state index contributed by atoms with van der Waals surface area (Å²) >= 11 is 0. The average molecular weight is 225 g/mol. The van der Waals surface area contributed by atoms with Crippen LogP contribution < -0.4 is 0 Å². The number of aromatic amines is 1. The standard InChI is InChI=1S/C10H15N3O3/c1-6-9(7(2)12-11-6)10(15)13(3)5-8(14)16-4/h5H2,1-4H3,(H,11,12). The molecule has 6 heteroatoms. The van der Waals surface area contributed by atoms with E-state index < -0.39 is 5.97 Å². The maximum atomic E-state index is 12.0. The van der Waals surface area contributed by atoms with E-state index in [-0.39, 0.29) is 12.5 Å². The van der Waals surface area contributed by atoms with Gasteiger partial charge in [-0.1, -0.05) is 0 Å². The van der Waals surface area contributed by atoms with Gasteiger partial charge in [-0.2, -0.15) is 5.10 Å². The Bertz CT molecular complexity index is 392. The lowest BCUT2D eigenvalue weighted by Crippen LogP contribution is -2.33. The van der Waals surface area contributed by atoms with Crippen LogP contribution in [0.15, 0.2) is 0 Å². The fourth-order valence-corrected chi connectivity index (χ4v) is 1.39. The zero-order valence-corrected chi connectivity index (χ0v) is 9.83. The largest absolute Gasteiger partial charge is 0.468 e. The van der Waals surface area contributed by atoms with Crippen molar-refractivity contribution in [2.45, 2.75) is 13.8 Å². The van der Waals surface area contributed by atoms with E-state index in [1.165, 1.54) is 12.0 Å². The van der Waals surface area contributed by atoms with Crippen molar-refractivity contribution in [1.29, 1.82) is 0 Å². The van der Waals surface area contributed by atoms with Crippen LogP contribution in [0.4, 0.5) is 0 Å². The molecule has 88 valence electrons. The summed E-state index contributed by atoms with van der Waals surface area (Å²) in [5.41, 5.74) is 1.82. The lowest BCUT2D eigenvalue weighted by molar-refractivity contribution is -0.141. The third kappa shape index (κ3) is 2.39. The van der Waals surface area contributed by atoms with Crippen molar-refractivity contribution in [2.24, 2.45) is 0 Å². The number of aryl methyl sites for hydroxylation is 2. The Morgan fingerprint density at radius 1 is 1.44 bits per heavy atom. The van der Waals surface area contributed by atoms with Crippen molar-refractivity contribution in [2.75, 3.05) is 20.7 Å². The molecule has 1 aromatic rings. The topological polar surface area (TPSA) is 75.3 Å². The molecule has 0 radical (unpaired) electrons. The highest BCUT2D eigenvalue weighted by Crippen LogP contribution is 2.11. The minimum Gasteiger partial charge on any atom is -0.468 e. The monoisotopic (exact) mass is 225 g/mol. The van der Waals surface area contributed by atoms with Gasteiger partial charge in [0.25, 0.3) is 5.91 Å². The zero-order chi connectivity index (χ0) is 12.3. The molecule has 1 aromatic heterocycles. The molecule has 16 heavy (non-hydrogen) atoms. The molecule has 0 aromatic carbocycles. The number of ether oxygens (including phenoxy) is 1. The molecule has 0 fully saturated rings. The first-order chi connectivity index (χ1) is 7.47. The molecule has 1 heterocycles. The molecule has 1 amide bonds. The molecule has 6 nitrogen and oxygen atoms in total. The number of rotatable bonds is 3. The Kier molecular flexibility index (Phi) is 3.65.